The van der Waals surface area contributed by atoms with Gasteiger partial charge in [-0.3, -0.25) is 10.1 Å². The van der Waals surface area contributed by atoms with Crippen LogP contribution >= 0.6 is 0 Å². The van der Waals surface area contributed by atoms with E-state index < -0.39 is 0 Å². The third-order valence-corrected chi connectivity index (χ3v) is 2.37. The summed E-state index contributed by atoms with van der Waals surface area (Å²) < 4.78 is 0. The number of nitrogens with zero attached hydrogens (tertiary/aromatic N) is 2. The van der Waals surface area contributed by atoms with Gasteiger partial charge in [-0.2, -0.15) is 5.10 Å². The van der Waals surface area contributed by atoms with Gasteiger partial charge < -0.3 is 0 Å². The average Bonchev–Trinajstić information content (AvgIpc) is 2.74. The van der Waals surface area contributed by atoms with Crippen molar-refractivity contribution >= 4 is 0 Å². The van der Waals surface area contributed by atoms with E-state index in [0.717, 1.165) is 12.1 Å². The van der Waals surface area contributed by atoms with E-state index in [1.165, 1.54) is 5.56 Å². The molecule has 14 heavy (non-hydrogen) atoms. The Morgan fingerprint density at radius 1 is 1.43 bits per heavy atom. The van der Waals surface area contributed by atoms with Gasteiger partial charge in [0.1, 0.15) is 0 Å². The summed E-state index contributed by atoms with van der Waals surface area (Å²) in [5.74, 6) is 0.356. The van der Waals surface area contributed by atoms with Crippen LogP contribution in [0.25, 0.3) is 0 Å². The molecule has 0 aliphatic rings. The maximum Gasteiger partial charge on any atom is 0.0526 e. The van der Waals surface area contributed by atoms with Crippen molar-refractivity contribution in [2.45, 2.75) is 19.3 Å². The van der Waals surface area contributed by atoms with Gasteiger partial charge >= 0.3 is 0 Å². The van der Waals surface area contributed by atoms with Crippen molar-refractivity contribution in [3.05, 3.63) is 48.0 Å². The van der Waals surface area contributed by atoms with Gasteiger partial charge in [-0.15, -0.1) is 0 Å². The zero-order chi connectivity index (χ0) is 9.80. The molecule has 3 nitrogen and oxygen atoms in total. The van der Waals surface area contributed by atoms with Crippen molar-refractivity contribution in [1.82, 2.24) is 15.2 Å². The summed E-state index contributed by atoms with van der Waals surface area (Å²) >= 11 is 0. The lowest BCUT2D eigenvalue weighted by Gasteiger charge is -2.11. The van der Waals surface area contributed by atoms with E-state index in [1.54, 1.807) is 0 Å². The number of aromatic nitrogens is 3. The van der Waals surface area contributed by atoms with Crippen molar-refractivity contribution < 1.29 is 0 Å². The minimum absolute atomic E-state index is 0.356. The normalized spacial score (nSPS) is 12.6. The fourth-order valence-corrected chi connectivity index (χ4v) is 1.65. The van der Waals surface area contributed by atoms with Crippen LogP contribution in [0.15, 0.2) is 36.8 Å². The molecule has 1 unspecified atom stereocenters. The van der Waals surface area contributed by atoms with Crippen LogP contribution < -0.4 is 0 Å². The Kier molecular flexibility index (Phi) is 2.58. The number of rotatable bonds is 3. The minimum atomic E-state index is 0.356. The van der Waals surface area contributed by atoms with E-state index in [-0.39, 0.29) is 0 Å². The zero-order valence-electron chi connectivity index (χ0n) is 8.14. The van der Waals surface area contributed by atoms with Gasteiger partial charge in [0.2, 0.25) is 0 Å². The van der Waals surface area contributed by atoms with Crippen LogP contribution in [0.1, 0.15) is 30.5 Å². The Morgan fingerprint density at radius 3 is 2.93 bits per heavy atom. The molecule has 2 heterocycles. The number of hydrogen-bond acceptors (Lipinski definition) is 2. The van der Waals surface area contributed by atoms with E-state index in [2.05, 4.69) is 28.2 Å². The van der Waals surface area contributed by atoms with Crippen molar-refractivity contribution in [2.75, 3.05) is 0 Å². The molecule has 3 heteroatoms. The van der Waals surface area contributed by atoms with Gasteiger partial charge in [-0.25, -0.2) is 0 Å². The highest BCUT2D eigenvalue weighted by Gasteiger charge is 2.13. The highest BCUT2D eigenvalue weighted by atomic mass is 15.1. The van der Waals surface area contributed by atoms with Gasteiger partial charge in [0, 0.05) is 24.0 Å². The zero-order valence-corrected chi connectivity index (χ0v) is 8.14. The highest BCUT2D eigenvalue weighted by molar-refractivity contribution is 5.23. The van der Waals surface area contributed by atoms with Crippen LogP contribution in [-0.2, 0) is 0 Å². The second kappa shape index (κ2) is 4.05. The topological polar surface area (TPSA) is 41.6 Å². The summed E-state index contributed by atoms with van der Waals surface area (Å²) in [7, 11) is 0. The first kappa shape index (κ1) is 8.94. The Balaban J connectivity index is 2.31. The predicted molar refractivity (Wildman–Crippen MR) is 55.0 cm³/mol. The predicted octanol–water partition coefficient (Wildman–Crippen LogP) is 2.35. The van der Waals surface area contributed by atoms with E-state index in [0.29, 0.717) is 5.92 Å². The molecular weight excluding hydrogens is 174 g/mol. The summed E-state index contributed by atoms with van der Waals surface area (Å²) in [6.07, 6.45) is 6.67. The molecule has 0 aliphatic carbocycles. The lowest BCUT2D eigenvalue weighted by atomic mass is 9.96. The number of pyridine rings is 1. The third kappa shape index (κ3) is 1.66. The second-order valence-electron chi connectivity index (χ2n) is 3.25. The molecule has 0 amide bonds. The van der Waals surface area contributed by atoms with Crippen LogP contribution in [0.2, 0.25) is 0 Å². The Labute approximate surface area is 83.2 Å². The van der Waals surface area contributed by atoms with Crippen LogP contribution in [0.4, 0.5) is 0 Å². The first-order valence-corrected chi connectivity index (χ1v) is 4.81. The summed E-state index contributed by atoms with van der Waals surface area (Å²) in [5, 5.41) is 6.80. The smallest absolute Gasteiger partial charge is 0.0526 e. The SMILES string of the molecule is CCC(c1cn[nH]c1)c1ccccn1. The summed E-state index contributed by atoms with van der Waals surface area (Å²) in [4.78, 5) is 4.36. The van der Waals surface area contributed by atoms with Gasteiger partial charge in [-0.1, -0.05) is 13.0 Å². The molecule has 0 fully saturated rings. The van der Waals surface area contributed by atoms with Crippen LogP contribution in [0.5, 0.6) is 0 Å². The molecule has 1 N–H and O–H groups in total. The fourth-order valence-electron chi connectivity index (χ4n) is 1.65. The van der Waals surface area contributed by atoms with Crippen molar-refractivity contribution in [3.8, 4) is 0 Å². The lowest BCUT2D eigenvalue weighted by Crippen LogP contribution is -2.00. The van der Waals surface area contributed by atoms with Crippen LogP contribution in [0.3, 0.4) is 0 Å². The molecule has 0 spiro atoms. The molecule has 0 saturated heterocycles. The van der Waals surface area contributed by atoms with E-state index >= 15 is 0 Å². The number of nitrogens with one attached hydrogen (secondary N) is 1. The minimum Gasteiger partial charge on any atom is -0.285 e. The van der Waals surface area contributed by atoms with Gasteiger partial charge in [0.05, 0.1) is 6.20 Å². The molecule has 72 valence electrons. The molecule has 2 rings (SSSR count). The van der Waals surface area contributed by atoms with Crippen molar-refractivity contribution in [3.63, 3.8) is 0 Å². The maximum atomic E-state index is 4.36. The van der Waals surface area contributed by atoms with Crippen LogP contribution in [0, 0.1) is 0 Å². The molecule has 0 radical (unpaired) electrons. The molecule has 1 atom stereocenters. The molecule has 0 aliphatic heterocycles. The Morgan fingerprint density at radius 2 is 2.36 bits per heavy atom. The quantitative estimate of drug-likeness (QED) is 0.801. The molecule has 0 aromatic carbocycles. The summed E-state index contributed by atoms with van der Waals surface area (Å²) in [6, 6.07) is 6.01. The second-order valence-corrected chi connectivity index (χ2v) is 3.25. The first-order chi connectivity index (χ1) is 6.92. The number of hydrogen-bond donors (Lipinski definition) is 1. The largest absolute Gasteiger partial charge is 0.285 e. The fraction of sp³-hybridized carbons (Fsp3) is 0.273. The Bertz CT molecular complexity index is 367. The third-order valence-electron chi connectivity index (χ3n) is 2.37. The molecule has 2 aromatic rings. The standard InChI is InChI=1S/C11H13N3/c1-2-10(9-7-13-14-8-9)11-5-3-4-6-12-11/h3-8,10H,2H2,1H3,(H,13,14). The van der Waals surface area contributed by atoms with Gasteiger partial charge in [-0.05, 0) is 24.1 Å². The highest BCUT2D eigenvalue weighted by Crippen LogP contribution is 2.24. The van der Waals surface area contributed by atoms with Crippen molar-refractivity contribution in [2.24, 2.45) is 0 Å². The molecule has 0 saturated carbocycles. The monoisotopic (exact) mass is 187 g/mol. The summed E-state index contributed by atoms with van der Waals surface area (Å²) in [6.45, 7) is 2.16. The van der Waals surface area contributed by atoms with E-state index in [1.807, 2.05) is 30.7 Å². The average molecular weight is 187 g/mol. The number of H-pyrrole nitrogens is 1. The van der Waals surface area contributed by atoms with E-state index in [9.17, 15) is 0 Å². The van der Waals surface area contributed by atoms with E-state index in [4.69, 9.17) is 0 Å². The maximum absolute atomic E-state index is 4.36. The van der Waals surface area contributed by atoms with Crippen molar-refractivity contribution in [1.29, 1.82) is 0 Å². The van der Waals surface area contributed by atoms with Crippen LogP contribution in [-0.4, -0.2) is 15.2 Å². The first-order valence-electron chi connectivity index (χ1n) is 4.81. The van der Waals surface area contributed by atoms with Gasteiger partial charge in [0.25, 0.3) is 0 Å². The number of aromatic amines is 1. The summed E-state index contributed by atoms with van der Waals surface area (Å²) in [5.41, 5.74) is 2.31. The molecule has 2 aromatic heterocycles. The Hall–Kier alpha value is -1.64. The molecular formula is C11H13N3. The van der Waals surface area contributed by atoms with Gasteiger partial charge in [0.15, 0.2) is 0 Å². The lowest BCUT2D eigenvalue weighted by molar-refractivity contribution is 0.750. The molecule has 0 bridgehead atoms.